The van der Waals surface area contributed by atoms with Crippen molar-refractivity contribution < 1.29 is 0 Å². The van der Waals surface area contributed by atoms with E-state index in [1.54, 1.807) is 11.3 Å². The zero-order valence-electron chi connectivity index (χ0n) is 6.00. The molecule has 0 aliphatic rings. The maximum absolute atomic E-state index is 4.18. The molecule has 2 nitrogen and oxygen atoms in total. The van der Waals surface area contributed by atoms with Gasteiger partial charge in [-0.15, -0.1) is 11.3 Å². The first-order chi connectivity index (χ1) is 5.33. The zero-order valence-corrected chi connectivity index (χ0v) is 7.63. The van der Waals surface area contributed by atoms with Crippen molar-refractivity contribution in [1.29, 1.82) is 0 Å². The smallest absolute Gasteiger partial charge is 0.123 e. The summed E-state index contributed by atoms with van der Waals surface area (Å²) in [5.74, 6) is 0. The van der Waals surface area contributed by atoms with Gasteiger partial charge in [-0.05, 0) is 6.92 Å². The lowest BCUT2D eigenvalue weighted by Gasteiger charge is -1.68. The SMILES string of the molecule is C=c1sc(=CC)c2nsnc12. The average Bonchev–Trinajstić information content (AvgIpc) is 2.54. The molecule has 0 N–H and O–H groups in total. The summed E-state index contributed by atoms with van der Waals surface area (Å²) in [6.07, 6.45) is 2.04. The van der Waals surface area contributed by atoms with Crippen molar-refractivity contribution in [3.05, 3.63) is 9.06 Å². The van der Waals surface area contributed by atoms with Crippen molar-refractivity contribution in [2.24, 2.45) is 0 Å². The summed E-state index contributed by atoms with van der Waals surface area (Å²) < 4.78 is 10.5. The summed E-state index contributed by atoms with van der Waals surface area (Å²) in [5, 5.41) is 0. The van der Waals surface area contributed by atoms with E-state index in [-0.39, 0.29) is 0 Å². The summed E-state index contributed by atoms with van der Waals surface area (Å²) in [5.41, 5.74) is 1.97. The molecule has 11 heavy (non-hydrogen) atoms. The molecule has 0 aromatic carbocycles. The highest BCUT2D eigenvalue weighted by Crippen LogP contribution is 2.03. The molecule has 0 amide bonds. The summed E-state index contributed by atoms with van der Waals surface area (Å²) in [6, 6.07) is 0. The molecule has 0 radical (unpaired) electrons. The Balaban J connectivity index is 3.16. The van der Waals surface area contributed by atoms with E-state index >= 15 is 0 Å². The lowest BCUT2D eigenvalue weighted by atomic mass is 10.4. The highest BCUT2D eigenvalue weighted by atomic mass is 32.1. The van der Waals surface area contributed by atoms with E-state index in [1.165, 1.54) is 16.3 Å². The molecular formula is C7H6N2S2. The van der Waals surface area contributed by atoms with E-state index in [4.69, 9.17) is 0 Å². The van der Waals surface area contributed by atoms with Crippen LogP contribution in [0.1, 0.15) is 6.92 Å². The fourth-order valence-electron chi connectivity index (χ4n) is 0.958. The van der Waals surface area contributed by atoms with E-state index in [2.05, 4.69) is 15.3 Å². The van der Waals surface area contributed by atoms with E-state index in [1.807, 2.05) is 13.0 Å². The van der Waals surface area contributed by atoms with Crippen LogP contribution in [0, 0.1) is 0 Å². The predicted molar refractivity (Wildman–Crippen MR) is 50.2 cm³/mol. The van der Waals surface area contributed by atoms with Gasteiger partial charge in [0.15, 0.2) is 0 Å². The Morgan fingerprint density at radius 3 is 2.82 bits per heavy atom. The normalized spacial score (nSPS) is 13.0. The summed E-state index contributed by atoms with van der Waals surface area (Å²) in [7, 11) is 0. The molecule has 0 unspecified atom stereocenters. The Kier molecular flexibility index (Phi) is 1.51. The monoisotopic (exact) mass is 182 g/mol. The molecule has 2 aromatic rings. The largest absolute Gasteiger partial charge is 0.171 e. The topological polar surface area (TPSA) is 25.8 Å². The number of fused-ring (bicyclic) bond motifs is 1. The van der Waals surface area contributed by atoms with Crippen LogP contribution in [0.3, 0.4) is 0 Å². The van der Waals surface area contributed by atoms with Gasteiger partial charge >= 0.3 is 0 Å². The van der Waals surface area contributed by atoms with Gasteiger partial charge in [0.25, 0.3) is 0 Å². The molecule has 2 rings (SSSR count). The molecule has 0 saturated heterocycles. The van der Waals surface area contributed by atoms with Crippen LogP contribution in [-0.2, 0) is 0 Å². The fraction of sp³-hybridized carbons (Fsp3) is 0.143. The van der Waals surface area contributed by atoms with Crippen LogP contribution in [0.5, 0.6) is 0 Å². The van der Waals surface area contributed by atoms with Gasteiger partial charge in [-0.1, -0.05) is 12.7 Å². The standard InChI is InChI=1S/C7H6N2S2/c1-3-5-7-6(4(2)10-5)8-11-9-7/h3H,2H2,1H3. The third kappa shape index (κ3) is 0.902. The molecule has 0 aliphatic heterocycles. The van der Waals surface area contributed by atoms with Crippen LogP contribution >= 0.6 is 23.1 Å². The third-order valence-electron chi connectivity index (χ3n) is 1.48. The molecule has 56 valence electrons. The lowest BCUT2D eigenvalue weighted by molar-refractivity contribution is 1.68. The average molecular weight is 182 g/mol. The quantitative estimate of drug-likeness (QED) is 0.606. The van der Waals surface area contributed by atoms with Crippen LogP contribution in [0.15, 0.2) is 0 Å². The van der Waals surface area contributed by atoms with Crippen molar-refractivity contribution in [3.63, 3.8) is 0 Å². The molecule has 0 atom stereocenters. The van der Waals surface area contributed by atoms with E-state index < -0.39 is 0 Å². The molecule has 2 heterocycles. The predicted octanol–water partition coefficient (Wildman–Crippen LogP) is 0.964. The maximum atomic E-state index is 4.18. The Bertz CT molecular complexity index is 480. The van der Waals surface area contributed by atoms with E-state index in [0.717, 1.165) is 15.6 Å². The summed E-state index contributed by atoms with van der Waals surface area (Å²) >= 11 is 2.90. The maximum Gasteiger partial charge on any atom is 0.123 e. The van der Waals surface area contributed by atoms with E-state index in [9.17, 15) is 0 Å². The van der Waals surface area contributed by atoms with Gasteiger partial charge in [-0.2, -0.15) is 8.75 Å². The number of aromatic nitrogens is 2. The fourth-order valence-corrected chi connectivity index (χ4v) is 2.52. The number of hydrogen-bond donors (Lipinski definition) is 0. The van der Waals surface area contributed by atoms with Gasteiger partial charge in [-0.3, -0.25) is 0 Å². The van der Waals surface area contributed by atoms with Crippen molar-refractivity contribution in [3.8, 4) is 0 Å². The number of hydrogen-bond acceptors (Lipinski definition) is 4. The van der Waals surface area contributed by atoms with Gasteiger partial charge in [0.2, 0.25) is 0 Å². The van der Waals surface area contributed by atoms with Gasteiger partial charge in [0.05, 0.1) is 16.3 Å². The second kappa shape index (κ2) is 2.39. The minimum Gasteiger partial charge on any atom is -0.171 e. The van der Waals surface area contributed by atoms with Crippen molar-refractivity contribution >= 4 is 46.8 Å². The first-order valence-corrected chi connectivity index (χ1v) is 4.74. The van der Waals surface area contributed by atoms with Gasteiger partial charge < -0.3 is 0 Å². The molecule has 0 aliphatic carbocycles. The highest BCUT2D eigenvalue weighted by molar-refractivity contribution is 7.09. The molecule has 0 bridgehead atoms. The minimum atomic E-state index is 0.966. The summed E-state index contributed by atoms with van der Waals surface area (Å²) in [4.78, 5) is 0. The van der Waals surface area contributed by atoms with Gasteiger partial charge in [0.1, 0.15) is 11.0 Å². The highest BCUT2D eigenvalue weighted by Gasteiger charge is 2.02. The Morgan fingerprint density at radius 1 is 1.36 bits per heavy atom. The lowest BCUT2D eigenvalue weighted by Crippen LogP contribution is -1.90. The van der Waals surface area contributed by atoms with Crippen molar-refractivity contribution in [2.75, 3.05) is 0 Å². The van der Waals surface area contributed by atoms with Gasteiger partial charge in [-0.25, -0.2) is 0 Å². The first-order valence-electron chi connectivity index (χ1n) is 3.19. The van der Waals surface area contributed by atoms with Crippen LogP contribution in [-0.4, -0.2) is 8.75 Å². The second-order valence-corrected chi connectivity index (χ2v) is 3.80. The Morgan fingerprint density at radius 2 is 2.09 bits per heavy atom. The van der Waals surface area contributed by atoms with E-state index in [0.29, 0.717) is 0 Å². The summed E-state index contributed by atoms with van der Waals surface area (Å²) in [6.45, 7) is 5.90. The van der Waals surface area contributed by atoms with Crippen LogP contribution in [0.25, 0.3) is 23.7 Å². The van der Waals surface area contributed by atoms with Crippen molar-refractivity contribution in [1.82, 2.24) is 8.75 Å². The Hall–Kier alpha value is -0.740. The number of rotatable bonds is 0. The molecule has 0 saturated carbocycles. The number of thiophene rings is 1. The minimum absolute atomic E-state index is 0.966. The molecule has 0 fully saturated rings. The molecule has 2 aromatic heterocycles. The molecule has 4 heteroatoms. The second-order valence-electron chi connectivity index (χ2n) is 2.14. The molecular weight excluding hydrogens is 176 g/mol. The Labute approximate surface area is 71.8 Å². The van der Waals surface area contributed by atoms with Crippen LogP contribution in [0.4, 0.5) is 0 Å². The van der Waals surface area contributed by atoms with Crippen LogP contribution < -0.4 is 9.06 Å². The van der Waals surface area contributed by atoms with Crippen LogP contribution in [0.2, 0.25) is 0 Å². The molecule has 0 spiro atoms. The van der Waals surface area contributed by atoms with Crippen molar-refractivity contribution in [2.45, 2.75) is 6.92 Å². The van der Waals surface area contributed by atoms with Gasteiger partial charge in [0, 0.05) is 4.53 Å². The number of nitrogens with zero attached hydrogens (tertiary/aromatic N) is 2. The first kappa shape index (κ1) is 6.94. The zero-order chi connectivity index (χ0) is 7.84. The third-order valence-corrected chi connectivity index (χ3v) is 3.10.